The molecule has 0 fully saturated rings. The predicted octanol–water partition coefficient (Wildman–Crippen LogP) is 1.76. The summed E-state index contributed by atoms with van der Waals surface area (Å²) in [5, 5.41) is 13.2. The summed E-state index contributed by atoms with van der Waals surface area (Å²) in [5.74, 6) is 1.75. The summed E-state index contributed by atoms with van der Waals surface area (Å²) in [5.41, 5.74) is 1.75. The van der Waals surface area contributed by atoms with Gasteiger partial charge in [0, 0.05) is 18.4 Å². The van der Waals surface area contributed by atoms with Crippen molar-refractivity contribution in [2.45, 2.75) is 13.3 Å². The molecule has 6 nitrogen and oxygen atoms in total. The van der Waals surface area contributed by atoms with E-state index in [1.807, 2.05) is 31.2 Å². The van der Waals surface area contributed by atoms with Crippen molar-refractivity contribution in [3.63, 3.8) is 0 Å². The average molecular weight is 270 g/mol. The number of hydrogen-bond donors (Lipinski definition) is 1. The lowest BCUT2D eigenvalue weighted by Crippen LogP contribution is -2.01. The van der Waals surface area contributed by atoms with E-state index in [1.54, 1.807) is 10.6 Å². The second kappa shape index (κ2) is 5.26. The third-order valence-electron chi connectivity index (χ3n) is 2.92. The molecule has 1 N–H and O–H groups in total. The molecule has 0 spiro atoms. The molecule has 0 aliphatic rings. The number of para-hydroxylation sites is 1. The number of aryl methyl sites for hydroxylation is 1. The minimum atomic E-state index is 0.0779. The van der Waals surface area contributed by atoms with Gasteiger partial charge in [0.15, 0.2) is 0 Å². The number of aromatic nitrogens is 4. The van der Waals surface area contributed by atoms with Gasteiger partial charge < -0.3 is 9.84 Å². The fourth-order valence-electron chi connectivity index (χ4n) is 2.01. The highest BCUT2D eigenvalue weighted by atomic mass is 16.5. The van der Waals surface area contributed by atoms with Gasteiger partial charge in [-0.25, -0.2) is 4.98 Å². The van der Waals surface area contributed by atoms with Gasteiger partial charge in [0.25, 0.3) is 5.78 Å². The molecule has 6 heteroatoms. The maximum atomic E-state index is 9.10. The molecule has 2 heterocycles. The number of benzene rings is 1. The number of fused-ring (bicyclic) bond motifs is 1. The van der Waals surface area contributed by atoms with Crippen molar-refractivity contribution < 1.29 is 9.84 Å². The van der Waals surface area contributed by atoms with Crippen LogP contribution in [0.25, 0.3) is 5.78 Å². The second-order valence-corrected chi connectivity index (χ2v) is 4.39. The monoisotopic (exact) mass is 270 g/mol. The highest BCUT2D eigenvalue weighted by molar-refractivity contribution is 5.39. The minimum absolute atomic E-state index is 0.0779. The van der Waals surface area contributed by atoms with Crippen molar-refractivity contribution in [2.75, 3.05) is 6.61 Å². The van der Waals surface area contributed by atoms with E-state index in [2.05, 4.69) is 15.1 Å². The Morgan fingerprint density at radius 3 is 3.00 bits per heavy atom. The Labute approximate surface area is 115 Å². The van der Waals surface area contributed by atoms with E-state index >= 15 is 0 Å². The lowest BCUT2D eigenvalue weighted by Gasteiger charge is -2.11. The van der Waals surface area contributed by atoms with Crippen LogP contribution in [-0.2, 0) is 6.42 Å². The van der Waals surface area contributed by atoms with Crippen LogP contribution in [0.5, 0.6) is 11.6 Å². The summed E-state index contributed by atoms with van der Waals surface area (Å²) in [6.07, 6.45) is 1.98. The Morgan fingerprint density at radius 1 is 1.30 bits per heavy atom. The van der Waals surface area contributed by atoms with Crippen LogP contribution in [0.3, 0.4) is 0 Å². The van der Waals surface area contributed by atoms with Crippen LogP contribution >= 0.6 is 0 Å². The van der Waals surface area contributed by atoms with Crippen LogP contribution in [0, 0.1) is 6.92 Å². The summed E-state index contributed by atoms with van der Waals surface area (Å²) in [7, 11) is 0. The zero-order chi connectivity index (χ0) is 13.9. The smallest absolute Gasteiger partial charge is 0.255 e. The molecule has 0 unspecified atom stereocenters. The number of rotatable bonds is 4. The maximum absolute atomic E-state index is 9.10. The van der Waals surface area contributed by atoms with Crippen molar-refractivity contribution in [1.82, 2.24) is 19.6 Å². The van der Waals surface area contributed by atoms with Crippen molar-refractivity contribution in [1.29, 1.82) is 0 Å². The first-order valence-electron chi connectivity index (χ1n) is 6.32. The number of aliphatic hydroxyl groups is 1. The Kier molecular flexibility index (Phi) is 3.30. The molecule has 2 aromatic heterocycles. The fraction of sp³-hybridized carbons (Fsp3) is 0.214. The molecule has 0 amide bonds. The van der Waals surface area contributed by atoms with Gasteiger partial charge in [-0.3, -0.25) is 0 Å². The molecular weight excluding hydrogens is 256 g/mol. The zero-order valence-electron chi connectivity index (χ0n) is 11.0. The molecule has 20 heavy (non-hydrogen) atoms. The Morgan fingerprint density at radius 2 is 2.15 bits per heavy atom. The van der Waals surface area contributed by atoms with Gasteiger partial charge in [0.2, 0.25) is 5.88 Å². The maximum Gasteiger partial charge on any atom is 0.255 e. The summed E-state index contributed by atoms with van der Waals surface area (Å²) in [6, 6.07) is 9.41. The minimum Gasteiger partial charge on any atom is -0.439 e. The van der Waals surface area contributed by atoms with Gasteiger partial charge in [-0.2, -0.15) is 14.6 Å². The normalized spacial score (nSPS) is 10.9. The fourth-order valence-corrected chi connectivity index (χ4v) is 2.01. The zero-order valence-corrected chi connectivity index (χ0v) is 11.0. The van der Waals surface area contributed by atoms with Gasteiger partial charge in [-0.05, 0) is 25.0 Å². The first-order valence-corrected chi connectivity index (χ1v) is 6.32. The van der Waals surface area contributed by atoms with Gasteiger partial charge in [-0.15, -0.1) is 0 Å². The molecule has 0 saturated heterocycles. The molecular formula is C14H14N4O2. The van der Waals surface area contributed by atoms with E-state index in [4.69, 9.17) is 9.84 Å². The van der Waals surface area contributed by atoms with Crippen molar-refractivity contribution in [2.24, 2.45) is 0 Å². The number of hydrogen-bond acceptors (Lipinski definition) is 5. The van der Waals surface area contributed by atoms with Crippen LogP contribution in [0.4, 0.5) is 0 Å². The van der Waals surface area contributed by atoms with E-state index in [-0.39, 0.29) is 6.61 Å². The molecule has 0 radical (unpaired) electrons. The molecule has 0 aliphatic carbocycles. The topological polar surface area (TPSA) is 72.5 Å². The van der Waals surface area contributed by atoms with Crippen LogP contribution in [0.15, 0.2) is 36.7 Å². The van der Waals surface area contributed by atoms with E-state index in [0.29, 0.717) is 23.8 Å². The summed E-state index contributed by atoms with van der Waals surface area (Å²) >= 11 is 0. The number of nitrogens with zero attached hydrogens (tertiary/aromatic N) is 4. The molecule has 3 aromatic rings. The van der Waals surface area contributed by atoms with Gasteiger partial charge >= 0.3 is 0 Å². The highest BCUT2D eigenvalue weighted by Gasteiger charge is 2.10. The lowest BCUT2D eigenvalue weighted by atomic mass is 10.1. The van der Waals surface area contributed by atoms with Crippen LogP contribution in [-0.4, -0.2) is 31.3 Å². The number of aliphatic hydroxyl groups excluding tert-OH is 1. The quantitative estimate of drug-likeness (QED) is 0.782. The van der Waals surface area contributed by atoms with E-state index in [9.17, 15) is 0 Å². The third kappa shape index (κ3) is 2.33. The van der Waals surface area contributed by atoms with E-state index in [0.717, 1.165) is 11.3 Å². The first kappa shape index (κ1) is 12.6. The third-order valence-corrected chi connectivity index (χ3v) is 2.92. The van der Waals surface area contributed by atoms with Crippen LogP contribution < -0.4 is 4.74 Å². The predicted molar refractivity (Wildman–Crippen MR) is 72.8 cm³/mol. The van der Waals surface area contributed by atoms with Gasteiger partial charge in [0.05, 0.1) is 0 Å². The molecule has 0 saturated carbocycles. The molecule has 0 aliphatic heterocycles. The molecule has 0 atom stereocenters. The largest absolute Gasteiger partial charge is 0.439 e. The van der Waals surface area contributed by atoms with E-state index in [1.165, 1.54) is 6.33 Å². The standard InChI is InChI=1S/C14H14N4O2/c1-10-8-13(18-14(17-10)15-9-16-18)20-12-5-3-2-4-11(12)6-7-19/h2-5,8-9,19H,6-7H2,1H3. The Bertz CT molecular complexity index is 739. The summed E-state index contributed by atoms with van der Waals surface area (Å²) in [4.78, 5) is 8.33. The lowest BCUT2D eigenvalue weighted by molar-refractivity contribution is 0.297. The Hall–Kier alpha value is -2.47. The highest BCUT2D eigenvalue weighted by Crippen LogP contribution is 2.25. The average Bonchev–Trinajstić information content (AvgIpc) is 2.89. The van der Waals surface area contributed by atoms with Crippen molar-refractivity contribution >= 4 is 5.78 Å². The summed E-state index contributed by atoms with van der Waals surface area (Å²) in [6.45, 7) is 1.95. The van der Waals surface area contributed by atoms with Crippen molar-refractivity contribution in [3.05, 3.63) is 47.9 Å². The Balaban J connectivity index is 2.03. The molecule has 1 aromatic carbocycles. The SMILES string of the molecule is Cc1cc(Oc2ccccc2CCO)n2ncnc2n1. The van der Waals surface area contributed by atoms with E-state index < -0.39 is 0 Å². The molecule has 3 rings (SSSR count). The first-order chi connectivity index (χ1) is 9.78. The van der Waals surface area contributed by atoms with Crippen molar-refractivity contribution in [3.8, 4) is 11.6 Å². The van der Waals surface area contributed by atoms with Gasteiger partial charge in [0.1, 0.15) is 12.1 Å². The number of ether oxygens (including phenoxy) is 1. The summed E-state index contributed by atoms with van der Waals surface area (Å²) < 4.78 is 7.47. The van der Waals surface area contributed by atoms with Gasteiger partial charge in [-0.1, -0.05) is 18.2 Å². The van der Waals surface area contributed by atoms with Crippen LogP contribution in [0.2, 0.25) is 0 Å². The van der Waals surface area contributed by atoms with Crippen LogP contribution in [0.1, 0.15) is 11.3 Å². The molecule has 102 valence electrons. The molecule has 0 bridgehead atoms. The second-order valence-electron chi connectivity index (χ2n) is 4.39.